The molecule has 83 heavy (non-hydrogen) atoms. The molecule has 11 nitrogen and oxygen atoms in total. The summed E-state index contributed by atoms with van der Waals surface area (Å²) in [6, 6.07) is -1.05. The van der Waals surface area contributed by atoms with Crippen LogP contribution in [0.4, 0.5) is 0 Å². The number of hydrogen-bond donors (Lipinski definition) is 6. The molecule has 0 radical (unpaired) electrons. The van der Waals surface area contributed by atoms with Gasteiger partial charge in [0.1, 0.15) is 24.4 Å². The Balaban J connectivity index is 2.66. The molecule has 0 aromatic carbocycles. The first-order valence-electron chi connectivity index (χ1n) is 33.0. The second-order valence-electron chi connectivity index (χ2n) is 22.1. The number of amides is 1. The average molecular weight is 1160 g/mol. The van der Waals surface area contributed by atoms with Crippen LogP contribution in [0.5, 0.6) is 0 Å². The SMILES string of the molecule is CC/C=C\C/C=C\C/C=C\C/C=C\C/C=C\C/C=C\CCCCCCCC(O)C(=O)NC(COC1OC(CO)C(O)C(O)C1OC(=O)CCCCC/C=C\C/C=C\C/C=C\C/C=C\CCCCC)C(O)/C=C/CCCCCCCCCCC. The van der Waals surface area contributed by atoms with E-state index in [2.05, 4.69) is 148 Å². The maximum Gasteiger partial charge on any atom is 0.306 e. The molecule has 1 fully saturated rings. The Kier molecular flexibility index (Phi) is 53.9. The summed E-state index contributed by atoms with van der Waals surface area (Å²) in [5.41, 5.74) is 0. The monoisotopic (exact) mass is 1160 g/mol. The maximum atomic E-state index is 13.5. The van der Waals surface area contributed by atoms with Crippen molar-refractivity contribution in [2.45, 2.75) is 294 Å². The molecule has 0 bridgehead atoms. The zero-order valence-corrected chi connectivity index (χ0v) is 52.3. The molecule has 1 amide bonds. The normalized spacial score (nSPS) is 19.4. The van der Waals surface area contributed by atoms with E-state index in [1.54, 1.807) is 6.08 Å². The van der Waals surface area contributed by atoms with Crippen LogP contribution < -0.4 is 5.32 Å². The van der Waals surface area contributed by atoms with Crippen molar-refractivity contribution in [3.05, 3.63) is 134 Å². The molecule has 8 unspecified atom stereocenters. The summed E-state index contributed by atoms with van der Waals surface area (Å²) >= 11 is 0. The summed E-state index contributed by atoms with van der Waals surface area (Å²) in [5.74, 6) is -1.25. The minimum Gasteiger partial charge on any atom is -0.454 e. The highest BCUT2D eigenvalue weighted by Crippen LogP contribution is 2.26. The second-order valence-corrected chi connectivity index (χ2v) is 22.1. The first kappa shape index (κ1) is 76.8. The lowest BCUT2D eigenvalue weighted by Crippen LogP contribution is -2.61. The molecule has 8 atom stereocenters. The van der Waals surface area contributed by atoms with Crippen LogP contribution in [0.2, 0.25) is 0 Å². The van der Waals surface area contributed by atoms with Crippen molar-refractivity contribution in [2.75, 3.05) is 13.2 Å². The molecule has 11 heteroatoms. The smallest absolute Gasteiger partial charge is 0.306 e. The average Bonchev–Trinajstić information content (AvgIpc) is 3.52. The maximum absolute atomic E-state index is 13.5. The fraction of sp³-hybridized carbons (Fsp3) is 0.667. The number of esters is 1. The predicted octanol–water partition coefficient (Wildman–Crippen LogP) is 16.4. The molecule has 472 valence electrons. The van der Waals surface area contributed by atoms with Gasteiger partial charge >= 0.3 is 5.97 Å². The van der Waals surface area contributed by atoms with Gasteiger partial charge in [-0.05, 0) is 122 Å². The van der Waals surface area contributed by atoms with Crippen LogP contribution in [0.25, 0.3) is 0 Å². The number of rotatable bonds is 54. The molecular formula is C72H119NO10. The van der Waals surface area contributed by atoms with Gasteiger partial charge in [-0.2, -0.15) is 0 Å². The van der Waals surface area contributed by atoms with Gasteiger partial charge in [0, 0.05) is 6.42 Å². The van der Waals surface area contributed by atoms with Gasteiger partial charge in [0.25, 0.3) is 0 Å². The molecule has 0 spiro atoms. The van der Waals surface area contributed by atoms with Crippen molar-refractivity contribution in [2.24, 2.45) is 0 Å². The molecule has 6 N–H and O–H groups in total. The third kappa shape index (κ3) is 45.8. The Hall–Kier alpha value is -4.20. The van der Waals surface area contributed by atoms with Gasteiger partial charge in [0.2, 0.25) is 5.91 Å². The Morgan fingerprint density at radius 1 is 0.482 bits per heavy atom. The summed E-state index contributed by atoms with van der Waals surface area (Å²) in [6.07, 6.45) is 72.0. The van der Waals surface area contributed by atoms with Gasteiger partial charge in [-0.15, -0.1) is 0 Å². The van der Waals surface area contributed by atoms with E-state index in [9.17, 15) is 35.1 Å². The van der Waals surface area contributed by atoms with Gasteiger partial charge in [0.05, 0.1) is 25.4 Å². The minimum atomic E-state index is -1.64. The molecule has 0 saturated carbocycles. The lowest BCUT2D eigenvalue weighted by Gasteiger charge is -2.41. The highest BCUT2D eigenvalue weighted by atomic mass is 16.7. The number of unbranched alkanes of at least 4 members (excludes halogenated alkanes) is 20. The van der Waals surface area contributed by atoms with Crippen molar-refractivity contribution >= 4 is 11.9 Å². The van der Waals surface area contributed by atoms with Crippen molar-refractivity contribution in [3.8, 4) is 0 Å². The van der Waals surface area contributed by atoms with Gasteiger partial charge in [0.15, 0.2) is 12.4 Å². The van der Waals surface area contributed by atoms with E-state index in [1.807, 2.05) is 6.08 Å². The fourth-order valence-electron chi connectivity index (χ4n) is 9.34. The van der Waals surface area contributed by atoms with Crippen LogP contribution in [-0.4, -0.2) is 99.6 Å². The Morgan fingerprint density at radius 3 is 1.33 bits per heavy atom. The number of carbonyl (C=O) groups excluding carboxylic acids is 2. The van der Waals surface area contributed by atoms with Crippen molar-refractivity contribution in [1.82, 2.24) is 5.32 Å². The number of allylic oxidation sites excluding steroid dienone is 21. The molecule has 1 heterocycles. The summed E-state index contributed by atoms with van der Waals surface area (Å²) < 4.78 is 17.6. The lowest BCUT2D eigenvalue weighted by molar-refractivity contribution is -0.305. The summed E-state index contributed by atoms with van der Waals surface area (Å²) in [7, 11) is 0. The van der Waals surface area contributed by atoms with Crippen LogP contribution in [0.15, 0.2) is 134 Å². The molecule has 1 aliphatic heterocycles. The number of aliphatic hydroxyl groups is 5. The van der Waals surface area contributed by atoms with Gasteiger partial charge in [-0.1, -0.05) is 251 Å². The van der Waals surface area contributed by atoms with Crippen LogP contribution >= 0.6 is 0 Å². The van der Waals surface area contributed by atoms with Crippen LogP contribution in [0.3, 0.4) is 0 Å². The highest BCUT2D eigenvalue weighted by molar-refractivity contribution is 5.80. The van der Waals surface area contributed by atoms with E-state index in [-0.39, 0.29) is 19.4 Å². The first-order chi connectivity index (χ1) is 40.7. The number of ether oxygens (including phenoxy) is 3. The number of hydrogen-bond acceptors (Lipinski definition) is 10. The Morgan fingerprint density at radius 2 is 0.867 bits per heavy atom. The van der Waals surface area contributed by atoms with Crippen LogP contribution in [0.1, 0.15) is 245 Å². The van der Waals surface area contributed by atoms with Crippen molar-refractivity contribution in [1.29, 1.82) is 0 Å². The zero-order chi connectivity index (χ0) is 60.3. The Bertz CT molecular complexity index is 1860. The number of nitrogens with one attached hydrogen (secondary N) is 1. The molecule has 0 aromatic heterocycles. The Labute approximate surface area is 505 Å². The van der Waals surface area contributed by atoms with E-state index in [0.29, 0.717) is 12.8 Å². The van der Waals surface area contributed by atoms with Gasteiger partial charge in [-0.25, -0.2) is 0 Å². The fourth-order valence-corrected chi connectivity index (χ4v) is 9.34. The molecular weight excluding hydrogens is 1040 g/mol. The third-order valence-corrected chi connectivity index (χ3v) is 14.5. The van der Waals surface area contributed by atoms with E-state index < -0.39 is 67.4 Å². The zero-order valence-electron chi connectivity index (χ0n) is 52.3. The van der Waals surface area contributed by atoms with E-state index >= 15 is 0 Å². The highest BCUT2D eigenvalue weighted by Gasteiger charge is 2.47. The van der Waals surface area contributed by atoms with Crippen molar-refractivity contribution in [3.63, 3.8) is 0 Å². The van der Waals surface area contributed by atoms with E-state index in [4.69, 9.17) is 14.2 Å². The molecule has 1 aliphatic rings. The third-order valence-electron chi connectivity index (χ3n) is 14.5. The van der Waals surface area contributed by atoms with Crippen LogP contribution in [-0.2, 0) is 23.8 Å². The molecule has 1 rings (SSSR count). The van der Waals surface area contributed by atoms with Crippen molar-refractivity contribution < 1.29 is 49.3 Å². The summed E-state index contributed by atoms with van der Waals surface area (Å²) in [4.78, 5) is 26.6. The van der Waals surface area contributed by atoms with E-state index in [0.717, 1.165) is 141 Å². The topological polar surface area (TPSA) is 175 Å². The number of carbonyl (C=O) groups is 2. The summed E-state index contributed by atoms with van der Waals surface area (Å²) in [5, 5.41) is 57.1. The number of aliphatic hydroxyl groups excluding tert-OH is 5. The van der Waals surface area contributed by atoms with Gasteiger partial charge in [-0.3, -0.25) is 9.59 Å². The molecule has 1 saturated heterocycles. The van der Waals surface area contributed by atoms with Gasteiger partial charge < -0.3 is 45.1 Å². The molecule has 0 aliphatic carbocycles. The lowest BCUT2D eigenvalue weighted by atomic mass is 9.99. The largest absolute Gasteiger partial charge is 0.454 e. The minimum absolute atomic E-state index is 0.0768. The summed E-state index contributed by atoms with van der Waals surface area (Å²) in [6.45, 7) is 5.60. The van der Waals surface area contributed by atoms with E-state index in [1.165, 1.54) is 57.8 Å². The van der Waals surface area contributed by atoms with Crippen LogP contribution in [0, 0.1) is 0 Å². The second kappa shape index (κ2) is 58.2. The quantitative estimate of drug-likeness (QED) is 0.0195. The molecule has 0 aromatic rings. The first-order valence-corrected chi connectivity index (χ1v) is 33.0. The standard InChI is InChI=1S/C72H119NO10/c1-4-7-10-13-16-19-22-24-26-28-30-31-32-33-34-36-37-39-41-44-47-50-53-56-59-65(76)71(80)73-63(64(75)58-55-52-49-46-43-21-18-15-12-9-6-3)62-81-72-70(69(79)68(78)66(61-74)82-72)83-67(77)60-57-54-51-48-45-42-40-38-35-29-27-25-23-20-17-14-11-8-5-2/h7,10,16-17,19-20,24-27,30-31,33-35,37-39,42,45,55,58,63-66,68-70,72,74-76,78-79H,4-6,8-9,11-15,18,21-23,28-29,32,36,40-41,43-44,46-54,56-57,59-62H2,1-3H3,(H,73,80)/b10-7-,19-16-,20-17-,26-24-,27-25-,31-30-,34-33-,38-35-,39-37-,45-42-,58-55+. The predicted molar refractivity (Wildman–Crippen MR) is 347 cm³/mol.